The second-order valence-corrected chi connectivity index (χ2v) is 7.38. The quantitative estimate of drug-likeness (QED) is 0.881. The number of rotatable bonds is 4. The largest absolute Gasteiger partial charge is 0.496 e. The third-order valence-corrected chi connectivity index (χ3v) is 6.03. The second-order valence-electron chi connectivity index (χ2n) is 7.38. The lowest BCUT2D eigenvalue weighted by Crippen LogP contribution is -2.53. The van der Waals surface area contributed by atoms with Crippen molar-refractivity contribution in [2.45, 2.75) is 37.4 Å². The Bertz CT molecular complexity index is 632. The van der Waals surface area contributed by atoms with Crippen LogP contribution in [0.5, 0.6) is 5.75 Å². The molecule has 3 fully saturated rings. The maximum Gasteiger partial charge on any atom is 0.240 e. The van der Waals surface area contributed by atoms with E-state index in [1.54, 1.807) is 7.11 Å². The Morgan fingerprint density at radius 1 is 1.12 bits per heavy atom. The minimum absolute atomic E-state index is 0.0187. The highest BCUT2D eigenvalue weighted by Crippen LogP contribution is 2.34. The average molecular weight is 359 g/mol. The molecule has 2 atom stereocenters. The van der Waals surface area contributed by atoms with Gasteiger partial charge in [-0.1, -0.05) is 18.2 Å². The number of carbonyl (C=O) groups excluding carboxylic acids is 1. The van der Waals surface area contributed by atoms with Gasteiger partial charge in [-0.3, -0.25) is 9.69 Å². The molecule has 0 radical (unpaired) electrons. The zero-order valence-corrected chi connectivity index (χ0v) is 15.5. The molecule has 0 spiro atoms. The molecule has 0 aromatic heterocycles. The molecule has 3 heterocycles. The van der Waals surface area contributed by atoms with Crippen LogP contribution in [-0.4, -0.2) is 74.3 Å². The molecule has 0 saturated carbocycles. The minimum atomic E-state index is -0.0187. The van der Waals surface area contributed by atoms with Crippen LogP contribution in [0.3, 0.4) is 0 Å². The van der Waals surface area contributed by atoms with Crippen LogP contribution in [0.2, 0.25) is 0 Å². The van der Waals surface area contributed by atoms with Crippen molar-refractivity contribution in [1.29, 1.82) is 0 Å². The summed E-state index contributed by atoms with van der Waals surface area (Å²) in [5, 5.41) is 3.49. The lowest BCUT2D eigenvalue weighted by molar-refractivity contribution is -0.136. The average Bonchev–Trinajstić information content (AvgIpc) is 3.10. The van der Waals surface area contributed by atoms with Crippen molar-refractivity contribution in [3.63, 3.8) is 0 Å². The fourth-order valence-electron chi connectivity index (χ4n) is 4.68. The summed E-state index contributed by atoms with van der Waals surface area (Å²) in [5.74, 6) is 1.21. The monoisotopic (exact) mass is 359 g/mol. The Kier molecular flexibility index (Phi) is 5.43. The number of nitrogens with one attached hydrogen (secondary N) is 1. The van der Waals surface area contributed by atoms with Crippen molar-refractivity contribution < 1.29 is 14.3 Å². The summed E-state index contributed by atoms with van der Waals surface area (Å²) in [6.07, 6.45) is 2.85. The number of nitrogens with zero attached hydrogens (tertiary/aromatic N) is 2. The molecule has 142 valence electrons. The fraction of sp³-hybridized carbons (Fsp3) is 0.650. The molecule has 1 amide bonds. The van der Waals surface area contributed by atoms with E-state index >= 15 is 0 Å². The number of benzene rings is 1. The lowest BCUT2D eigenvalue weighted by atomic mass is 9.99. The smallest absolute Gasteiger partial charge is 0.240 e. The summed E-state index contributed by atoms with van der Waals surface area (Å²) in [5.41, 5.74) is 1.17. The van der Waals surface area contributed by atoms with Crippen LogP contribution in [0.1, 0.15) is 30.9 Å². The fourth-order valence-corrected chi connectivity index (χ4v) is 4.68. The first kappa shape index (κ1) is 17.8. The SMILES string of the molecule is COc1ccccc1C1CNCCN1C1CCN(C2CCOCC2)C1=O. The number of ether oxygens (including phenoxy) is 2. The summed E-state index contributed by atoms with van der Waals surface area (Å²) in [6.45, 7) is 5.08. The van der Waals surface area contributed by atoms with Gasteiger partial charge in [0.2, 0.25) is 5.91 Å². The molecule has 1 N–H and O–H groups in total. The molecule has 4 rings (SSSR count). The highest BCUT2D eigenvalue weighted by molar-refractivity contribution is 5.84. The summed E-state index contributed by atoms with van der Waals surface area (Å²) in [4.78, 5) is 17.7. The highest BCUT2D eigenvalue weighted by Gasteiger charge is 2.42. The third kappa shape index (κ3) is 3.33. The van der Waals surface area contributed by atoms with E-state index in [1.807, 2.05) is 12.1 Å². The third-order valence-electron chi connectivity index (χ3n) is 6.03. The maximum absolute atomic E-state index is 13.2. The van der Waals surface area contributed by atoms with Crippen molar-refractivity contribution in [1.82, 2.24) is 15.1 Å². The van der Waals surface area contributed by atoms with Gasteiger partial charge in [0, 0.05) is 51.0 Å². The van der Waals surface area contributed by atoms with Gasteiger partial charge in [0.15, 0.2) is 0 Å². The van der Waals surface area contributed by atoms with Crippen molar-refractivity contribution in [3.05, 3.63) is 29.8 Å². The number of piperazine rings is 1. The number of carbonyl (C=O) groups is 1. The molecule has 3 saturated heterocycles. The minimum Gasteiger partial charge on any atom is -0.496 e. The highest BCUT2D eigenvalue weighted by atomic mass is 16.5. The van der Waals surface area contributed by atoms with E-state index in [-0.39, 0.29) is 12.1 Å². The van der Waals surface area contributed by atoms with Gasteiger partial charge in [0.05, 0.1) is 19.2 Å². The molecule has 2 unspecified atom stereocenters. The molecule has 0 bridgehead atoms. The lowest BCUT2D eigenvalue weighted by Gasteiger charge is -2.40. The first-order chi connectivity index (χ1) is 12.8. The summed E-state index contributed by atoms with van der Waals surface area (Å²) < 4.78 is 11.1. The number of hydrogen-bond donors (Lipinski definition) is 1. The Hall–Kier alpha value is -1.63. The molecule has 6 heteroatoms. The molecule has 3 aliphatic heterocycles. The molecule has 6 nitrogen and oxygen atoms in total. The summed E-state index contributed by atoms with van der Waals surface area (Å²) in [6, 6.07) is 8.69. The van der Waals surface area contributed by atoms with Crippen molar-refractivity contribution >= 4 is 5.91 Å². The van der Waals surface area contributed by atoms with Gasteiger partial charge in [-0.05, 0) is 25.3 Å². The summed E-state index contributed by atoms with van der Waals surface area (Å²) >= 11 is 0. The Balaban J connectivity index is 1.54. The van der Waals surface area contributed by atoms with Crippen LogP contribution in [-0.2, 0) is 9.53 Å². The standard InChI is InChI=1S/C20H29N3O3/c1-25-19-5-3-2-4-16(19)18-14-21-9-11-23(18)17-6-10-22(20(17)24)15-7-12-26-13-8-15/h2-5,15,17-18,21H,6-14H2,1H3. The van der Waals surface area contributed by atoms with E-state index in [2.05, 4.69) is 27.2 Å². The number of methoxy groups -OCH3 is 1. The number of likely N-dealkylation sites (tertiary alicyclic amines) is 1. The van der Waals surface area contributed by atoms with Gasteiger partial charge in [-0.15, -0.1) is 0 Å². The topological polar surface area (TPSA) is 54.0 Å². The Morgan fingerprint density at radius 3 is 2.73 bits per heavy atom. The van der Waals surface area contributed by atoms with Crippen LogP contribution in [0.15, 0.2) is 24.3 Å². The first-order valence-corrected chi connectivity index (χ1v) is 9.77. The molecule has 1 aromatic rings. The molecular weight excluding hydrogens is 330 g/mol. The van der Waals surface area contributed by atoms with Gasteiger partial charge in [-0.2, -0.15) is 0 Å². The Morgan fingerprint density at radius 2 is 1.92 bits per heavy atom. The zero-order chi connectivity index (χ0) is 17.9. The van der Waals surface area contributed by atoms with Gasteiger partial charge in [0.1, 0.15) is 5.75 Å². The molecule has 26 heavy (non-hydrogen) atoms. The number of amides is 1. The Labute approximate surface area is 155 Å². The molecule has 1 aromatic carbocycles. The van der Waals surface area contributed by atoms with Crippen molar-refractivity contribution in [3.8, 4) is 5.75 Å². The maximum atomic E-state index is 13.2. The number of para-hydroxylation sites is 1. The molecular formula is C20H29N3O3. The predicted molar refractivity (Wildman–Crippen MR) is 99.3 cm³/mol. The van der Waals surface area contributed by atoms with E-state index in [0.29, 0.717) is 11.9 Å². The number of hydrogen-bond acceptors (Lipinski definition) is 5. The predicted octanol–water partition coefficient (Wildman–Crippen LogP) is 1.42. The van der Waals surface area contributed by atoms with Crippen molar-refractivity contribution in [2.24, 2.45) is 0 Å². The van der Waals surface area contributed by atoms with E-state index in [0.717, 1.165) is 64.4 Å². The molecule has 3 aliphatic rings. The second kappa shape index (κ2) is 7.94. The van der Waals surface area contributed by atoms with Crippen LogP contribution < -0.4 is 10.1 Å². The van der Waals surface area contributed by atoms with Crippen molar-refractivity contribution in [2.75, 3.05) is 46.5 Å². The van der Waals surface area contributed by atoms with Crippen LogP contribution >= 0.6 is 0 Å². The van der Waals surface area contributed by atoms with E-state index in [9.17, 15) is 4.79 Å². The first-order valence-electron chi connectivity index (χ1n) is 9.77. The van der Waals surface area contributed by atoms with E-state index in [1.165, 1.54) is 5.56 Å². The van der Waals surface area contributed by atoms with Gasteiger partial charge in [-0.25, -0.2) is 0 Å². The van der Waals surface area contributed by atoms with Crippen LogP contribution in [0, 0.1) is 0 Å². The van der Waals surface area contributed by atoms with Crippen LogP contribution in [0.25, 0.3) is 0 Å². The normalized spacial score (nSPS) is 28.5. The molecule has 0 aliphatic carbocycles. The van der Waals surface area contributed by atoms with E-state index < -0.39 is 0 Å². The van der Waals surface area contributed by atoms with Crippen LogP contribution in [0.4, 0.5) is 0 Å². The van der Waals surface area contributed by atoms with E-state index in [4.69, 9.17) is 9.47 Å². The van der Waals surface area contributed by atoms with Gasteiger partial charge < -0.3 is 19.7 Å². The summed E-state index contributed by atoms with van der Waals surface area (Å²) in [7, 11) is 1.72. The zero-order valence-electron chi connectivity index (χ0n) is 15.5. The van der Waals surface area contributed by atoms with Gasteiger partial charge in [0.25, 0.3) is 0 Å². The van der Waals surface area contributed by atoms with Gasteiger partial charge >= 0.3 is 0 Å².